The average Bonchev–Trinajstić information content (AvgIpc) is 2.79. The molecule has 2 aromatic rings. The molecule has 208 valence electrons. The van der Waals surface area contributed by atoms with Crippen LogP contribution in [0, 0.1) is 0 Å². The average molecular weight is 619 g/mol. The maximum absolute atomic E-state index is 13.4. The monoisotopic (exact) mass is 618 g/mol. The number of carbonyl (C=O) groups excluding carboxylic acids is 2. The first-order valence-electron chi connectivity index (χ1n) is 9.98. The van der Waals surface area contributed by atoms with Crippen LogP contribution in [0.3, 0.4) is 0 Å². The number of benzene rings is 2. The Labute approximate surface area is 220 Å². The SMILES string of the molecule is O=C1C2=C(C(=O)c3ccccc31)C(S(=O)(=O)[O-])C(Oc1ccccc1)(S(=O)(=O)[O-])C(S(=O)(=O)[O-])=C2S(=O)(=O)[O-]. The molecule has 4 rings (SSSR count). The van der Waals surface area contributed by atoms with E-state index in [0.717, 1.165) is 48.5 Å². The second-order valence-electron chi connectivity index (χ2n) is 7.97. The second-order valence-corrected chi connectivity index (χ2v) is 13.6. The summed E-state index contributed by atoms with van der Waals surface area (Å²) in [6, 6.07) is 8.88. The van der Waals surface area contributed by atoms with E-state index in [1.807, 2.05) is 0 Å². The molecular weight excluding hydrogens is 608 g/mol. The molecule has 2 atom stereocenters. The zero-order chi connectivity index (χ0) is 29.3. The number of rotatable bonds is 6. The van der Waals surface area contributed by atoms with Gasteiger partial charge in [0.1, 0.15) is 56.4 Å². The van der Waals surface area contributed by atoms with E-state index in [4.69, 9.17) is 4.74 Å². The number of ether oxygens (including phenoxy) is 1. The fourth-order valence-corrected chi connectivity index (χ4v) is 10.1. The third-order valence-corrected chi connectivity index (χ3v) is 10.4. The van der Waals surface area contributed by atoms with Gasteiger partial charge in [-0.25, -0.2) is 33.7 Å². The Hall–Kier alpha value is -3.30. The molecule has 0 aliphatic heterocycles. The number of hydrogen-bond acceptors (Lipinski definition) is 15. The third kappa shape index (κ3) is 4.41. The lowest BCUT2D eigenvalue weighted by atomic mass is 9.78. The van der Waals surface area contributed by atoms with E-state index in [0.29, 0.717) is 0 Å². The van der Waals surface area contributed by atoms with Crippen molar-refractivity contribution in [1.29, 1.82) is 0 Å². The van der Waals surface area contributed by atoms with Gasteiger partial charge in [0.2, 0.25) is 0 Å². The minimum Gasteiger partial charge on any atom is -0.747 e. The van der Waals surface area contributed by atoms with Gasteiger partial charge in [0.15, 0.2) is 11.6 Å². The van der Waals surface area contributed by atoms with E-state index < -0.39 is 100 Å². The highest BCUT2D eigenvalue weighted by Crippen LogP contribution is 2.52. The van der Waals surface area contributed by atoms with Crippen LogP contribution in [0.2, 0.25) is 0 Å². The quantitative estimate of drug-likeness (QED) is 0.348. The first-order valence-corrected chi connectivity index (χ1v) is 15.7. The van der Waals surface area contributed by atoms with Gasteiger partial charge in [-0.3, -0.25) is 9.59 Å². The predicted octanol–water partition coefficient (Wildman–Crippen LogP) is -1.09. The Kier molecular flexibility index (Phi) is 6.52. The van der Waals surface area contributed by atoms with Gasteiger partial charge < -0.3 is 22.9 Å². The van der Waals surface area contributed by atoms with Crippen LogP contribution in [-0.2, 0) is 40.5 Å². The van der Waals surface area contributed by atoms with E-state index in [1.165, 1.54) is 6.07 Å². The lowest BCUT2D eigenvalue weighted by Crippen LogP contribution is -2.64. The molecule has 0 aromatic heterocycles. The molecule has 0 radical (unpaired) electrons. The zero-order valence-corrected chi connectivity index (χ0v) is 21.8. The number of carbonyl (C=O) groups is 2. The van der Waals surface area contributed by atoms with Crippen molar-refractivity contribution in [3.63, 3.8) is 0 Å². The molecule has 2 aliphatic rings. The molecule has 0 spiro atoms. The van der Waals surface area contributed by atoms with Gasteiger partial charge in [-0.15, -0.1) is 0 Å². The maximum atomic E-state index is 13.4. The van der Waals surface area contributed by atoms with Crippen LogP contribution < -0.4 is 4.74 Å². The van der Waals surface area contributed by atoms with Crippen LogP contribution in [0.25, 0.3) is 0 Å². The van der Waals surface area contributed by atoms with Gasteiger partial charge in [-0.1, -0.05) is 42.5 Å². The van der Waals surface area contributed by atoms with Crippen LogP contribution in [0.1, 0.15) is 20.7 Å². The first kappa shape index (κ1) is 28.7. The van der Waals surface area contributed by atoms with Crippen LogP contribution in [0.4, 0.5) is 0 Å². The fourth-order valence-electron chi connectivity index (χ4n) is 4.37. The Balaban J connectivity index is 2.40. The van der Waals surface area contributed by atoms with Crippen LogP contribution in [-0.4, -0.2) is 73.6 Å². The van der Waals surface area contributed by atoms with Gasteiger partial charge in [0, 0.05) is 22.3 Å². The molecule has 0 fully saturated rings. The summed E-state index contributed by atoms with van der Waals surface area (Å²) in [6.45, 7) is 0. The molecule has 2 aromatic carbocycles. The van der Waals surface area contributed by atoms with Gasteiger partial charge in [0.05, 0.1) is 4.91 Å². The molecule has 0 saturated carbocycles. The number of Topliss-reactive ketones (excluding diaryl/α,β-unsaturated/α-hetero) is 2. The summed E-state index contributed by atoms with van der Waals surface area (Å²) in [5.41, 5.74) is -5.19. The minimum absolute atomic E-state index is 0.728. The molecule has 39 heavy (non-hydrogen) atoms. The van der Waals surface area contributed by atoms with Crippen LogP contribution >= 0.6 is 0 Å². The van der Waals surface area contributed by atoms with Crippen molar-refractivity contribution in [2.75, 3.05) is 0 Å². The van der Waals surface area contributed by atoms with E-state index in [9.17, 15) is 61.5 Å². The molecule has 2 unspecified atom stereocenters. The molecule has 0 bridgehead atoms. The number of para-hydroxylation sites is 1. The third-order valence-electron chi connectivity index (χ3n) is 5.69. The van der Waals surface area contributed by atoms with Gasteiger partial charge in [-0.2, -0.15) is 0 Å². The number of hydrogen-bond donors (Lipinski definition) is 0. The van der Waals surface area contributed by atoms with E-state index in [-0.39, 0.29) is 0 Å². The number of allylic oxidation sites excluding steroid dienone is 1. The standard InChI is InChI=1S/C20H14O15S4/c21-15-11-8-4-5-9-12(11)16(22)14-13(15)17(36(23,24)25)19(38(29,30)31)20(39(32,33)34,18(14)37(26,27)28)35-10-6-2-1-3-7-10/h1-9,18H,(H,23,24,25)(H,26,27,28)(H,29,30,31)(H,32,33,34)/p-4. The summed E-state index contributed by atoms with van der Waals surface area (Å²) >= 11 is 0. The molecular formula is C20H10O15S4-4. The van der Waals surface area contributed by atoms with Crippen molar-refractivity contribution in [3.05, 3.63) is 86.7 Å². The van der Waals surface area contributed by atoms with E-state index in [2.05, 4.69) is 0 Å². The summed E-state index contributed by atoms with van der Waals surface area (Å²) in [5.74, 6) is -4.40. The molecule has 19 heteroatoms. The van der Waals surface area contributed by atoms with E-state index in [1.54, 1.807) is 0 Å². The van der Waals surface area contributed by atoms with Crippen molar-refractivity contribution in [3.8, 4) is 5.75 Å². The summed E-state index contributed by atoms with van der Waals surface area (Å²) < 4.78 is 156. The molecule has 0 N–H and O–H groups in total. The lowest BCUT2D eigenvalue weighted by Gasteiger charge is -2.49. The fraction of sp³-hybridized carbons (Fsp3) is 0.100. The minimum atomic E-state index is -6.90. The van der Waals surface area contributed by atoms with E-state index >= 15 is 0 Å². The molecule has 0 saturated heterocycles. The topological polar surface area (TPSA) is 272 Å². The Morgan fingerprint density at radius 3 is 1.59 bits per heavy atom. The normalized spacial score (nSPS) is 22.4. The van der Waals surface area contributed by atoms with Crippen molar-refractivity contribution < 1.29 is 66.2 Å². The highest BCUT2D eigenvalue weighted by molar-refractivity contribution is 7.97. The molecule has 0 amide bonds. The number of ketones is 2. The Morgan fingerprint density at radius 2 is 1.15 bits per heavy atom. The van der Waals surface area contributed by atoms with Crippen molar-refractivity contribution in [2.45, 2.75) is 10.2 Å². The summed E-state index contributed by atoms with van der Waals surface area (Å²) in [5, 5.41) is -3.85. The van der Waals surface area contributed by atoms with Crippen molar-refractivity contribution in [1.82, 2.24) is 0 Å². The van der Waals surface area contributed by atoms with Crippen molar-refractivity contribution >= 4 is 52.0 Å². The maximum Gasteiger partial charge on any atom is 0.252 e. The highest BCUT2D eigenvalue weighted by atomic mass is 32.2. The Morgan fingerprint density at radius 1 is 0.667 bits per heavy atom. The molecule has 15 nitrogen and oxygen atoms in total. The summed E-state index contributed by atoms with van der Waals surface area (Å²) in [7, 11) is -26.8. The lowest BCUT2D eigenvalue weighted by molar-refractivity contribution is 0.0956. The smallest absolute Gasteiger partial charge is 0.252 e. The van der Waals surface area contributed by atoms with Gasteiger partial charge in [0.25, 0.3) is 4.93 Å². The largest absolute Gasteiger partial charge is 0.747 e. The molecule has 0 heterocycles. The Bertz CT molecular complexity index is 1950. The highest BCUT2D eigenvalue weighted by Gasteiger charge is 2.65. The predicted molar refractivity (Wildman–Crippen MR) is 122 cm³/mol. The summed E-state index contributed by atoms with van der Waals surface area (Å²) in [4.78, 5) is 16.5. The zero-order valence-electron chi connectivity index (χ0n) is 18.5. The van der Waals surface area contributed by atoms with Gasteiger partial charge in [-0.05, 0) is 12.1 Å². The van der Waals surface area contributed by atoms with Gasteiger partial charge >= 0.3 is 0 Å². The van der Waals surface area contributed by atoms with Crippen LogP contribution in [0.5, 0.6) is 5.75 Å². The molecule has 2 aliphatic carbocycles. The second kappa shape index (κ2) is 8.86. The summed E-state index contributed by atoms with van der Waals surface area (Å²) in [6.07, 6.45) is 0. The number of fused-ring (bicyclic) bond motifs is 1. The van der Waals surface area contributed by atoms with Crippen molar-refractivity contribution in [2.24, 2.45) is 0 Å². The van der Waals surface area contributed by atoms with Crippen LogP contribution in [0.15, 0.2) is 75.6 Å². The first-order chi connectivity index (χ1) is 17.7.